The molecule has 7 heteroatoms. The minimum atomic E-state index is -1.90. The molecule has 0 spiro atoms. The molecule has 2 aliphatic rings. The van der Waals surface area contributed by atoms with Crippen LogP contribution < -0.4 is 15.1 Å². The first kappa shape index (κ1) is 17.8. The second-order valence-corrected chi connectivity index (χ2v) is 6.70. The molecule has 1 aromatic rings. The highest BCUT2D eigenvalue weighted by Gasteiger charge is 2.33. The van der Waals surface area contributed by atoms with Gasteiger partial charge in [0.25, 0.3) is 0 Å². The lowest BCUT2D eigenvalue weighted by atomic mass is 10.0. The van der Waals surface area contributed by atoms with Crippen LogP contribution in [0.1, 0.15) is 30.9 Å². The zero-order valence-electron chi connectivity index (χ0n) is 14.8. The SMILES string of the molecule is CCNC(O)(O)CCC=Cc1c(O)c(N2CC2)c(C)c(O)c1N1CC1. The van der Waals surface area contributed by atoms with Gasteiger partial charge in [-0.3, -0.25) is 5.32 Å². The molecule has 0 unspecified atom stereocenters. The van der Waals surface area contributed by atoms with Crippen LogP contribution in [0.2, 0.25) is 0 Å². The first-order chi connectivity index (χ1) is 11.9. The molecule has 0 atom stereocenters. The van der Waals surface area contributed by atoms with Gasteiger partial charge in [0.15, 0.2) is 0 Å². The summed E-state index contributed by atoms with van der Waals surface area (Å²) in [4.78, 5) is 4.03. The summed E-state index contributed by atoms with van der Waals surface area (Å²) in [6.45, 7) is 7.54. The number of benzene rings is 1. The highest BCUT2D eigenvalue weighted by atomic mass is 16.5. The van der Waals surface area contributed by atoms with E-state index >= 15 is 0 Å². The highest BCUT2D eigenvalue weighted by molar-refractivity contribution is 5.89. The molecule has 1 aromatic carbocycles. The second-order valence-electron chi connectivity index (χ2n) is 6.70. The Morgan fingerprint density at radius 2 is 1.64 bits per heavy atom. The Kier molecular flexibility index (Phi) is 4.81. The number of hydrogen-bond acceptors (Lipinski definition) is 7. The molecular formula is C18H27N3O4. The maximum absolute atomic E-state index is 10.8. The third-order valence-corrected chi connectivity index (χ3v) is 4.60. The molecule has 0 saturated carbocycles. The largest absolute Gasteiger partial charge is 0.505 e. The van der Waals surface area contributed by atoms with Gasteiger partial charge in [0, 0.05) is 43.7 Å². The molecular weight excluding hydrogens is 322 g/mol. The monoisotopic (exact) mass is 349 g/mol. The molecule has 0 radical (unpaired) electrons. The first-order valence-corrected chi connectivity index (χ1v) is 8.80. The zero-order valence-corrected chi connectivity index (χ0v) is 14.8. The molecule has 0 aliphatic carbocycles. The smallest absolute Gasteiger partial charge is 0.222 e. The van der Waals surface area contributed by atoms with E-state index in [0.717, 1.165) is 26.2 Å². The van der Waals surface area contributed by atoms with Crippen LogP contribution in [0.25, 0.3) is 6.08 Å². The highest BCUT2D eigenvalue weighted by Crippen LogP contribution is 2.50. The lowest BCUT2D eigenvalue weighted by Gasteiger charge is -2.21. The Bertz CT molecular complexity index is 680. The predicted octanol–water partition coefficient (Wildman–Crippen LogP) is 1.09. The fourth-order valence-electron chi connectivity index (χ4n) is 3.10. The molecule has 0 bridgehead atoms. The molecule has 5 N–H and O–H groups in total. The van der Waals surface area contributed by atoms with Crippen molar-refractivity contribution in [3.05, 3.63) is 17.2 Å². The molecule has 2 fully saturated rings. The number of anilines is 2. The fraction of sp³-hybridized carbons (Fsp3) is 0.556. The van der Waals surface area contributed by atoms with Crippen molar-refractivity contribution in [2.75, 3.05) is 42.5 Å². The number of phenolic OH excluding ortho intramolecular Hbond substituents is 2. The van der Waals surface area contributed by atoms with Gasteiger partial charge in [-0.15, -0.1) is 0 Å². The van der Waals surface area contributed by atoms with Crippen LogP contribution in [0.3, 0.4) is 0 Å². The Labute approximate surface area is 147 Å². The number of allylic oxidation sites excluding steroid dienone is 1. The summed E-state index contributed by atoms with van der Waals surface area (Å²) in [6, 6.07) is 0. The van der Waals surface area contributed by atoms with E-state index in [2.05, 4.69) is 5.32 Å². The van der Waals surface area contributed by atoms with E-state index in [9.17, 15) is 20.4 Å². The van der Waals surface area contributed by atoms with Crippen molar-refractivity contribution in [1.82, 2.24) is 5.32 Å². The predicted molar refractivity (Wildman–Crippen MR) is 98.0 cm³/mol. The topological polar surface area (TPSA) is 99.0 Å². The van der Waals surface area contributed by atoms with Crippen LogP contribution in [-0.2, 0) is 0 Å². The van der Waals surface area contributed by atoms with E-state index in [1.54, 1.807) is 19.1 Å². The Morgan fingerprint density at radius 3 is 2.20 bits per heavy atom. The number of hydrogen-bond donors (Lipinski definition) is 5. The van der Waals surface area contributed by atoms with Gasteiger partial charge in [0.1, 0.15) is 11.5 Å². The lowest BCUT2D eigenvalue weighted by Crippen LogP contribution is -2.44. The van der Waals surface area contributed by atoms with Crippen LogP contribution in [-0.4, -0.2) is 59.1 Å². The van der Waals surface area contributed by atoms with Crippen molar-refractivity contribution >= 4 is 17.5 Å². The maximum atomic E-state index is 10.8. The number of phenols is 2. The van der Waals surface area contributed by atoms with Gasteiger partial charge in [-0.1, -0.05) is 19.1 Å². The van der Waals surface area contributed by atoms with Gasteiger partial charge in [0.05, 0.1) is 11.4 Å². The van der Waals surface area contributed by atoms with Crippen molar-refractivity contribution in [1.29, 1.82) is 0 Å². The lowest BCUT2D eigenvalue weighted by molar-refractivity contribution is -0.188. The molecule has 2 aliphatic heterocycles. The van der Waals surface area contributed by atoms with E-state index < -0.39 is 5.91 Å². The summed E-state index contributed by atoms with van der Waals surface area (Å²) in [7, 11) is 0. The van der Waals surface area contributed by atoms with Crippen LogP contribution >= 0.6 is 0 Å². The molecule has 3 rings (SSSR count). The number of nitrogens with zero attached hydrogens (tertiary/aromatic N) is 2. The van der Waals surface area contributed by atoms with Crippen LogP contribution in [0.15, 0.2) is 6.08 Å². The maximum Gasteiger partial charge on any atom is 0.222 e. The standard InChI is InChI=1S/C18H27N3O4/c1-3-19-18(24,25)7-5-4-6-13-15(21-10-11-21)16(22)12(2)14(17(13)23)20-8-9-20/h4,6,19,22-25H,3,5,7-11H2,1-2H3. The Balaban J connectivity index is 1.85. The molecule has 138 valence electrons. The molecule has 25 heavy (non-hydrogen) atoms. The summed E-state index contributed by atoms with van der Waals surface area (Å²) in [6.07, 6.45) is 4.11. The van der Waals surface area contributed by atoms with Crippen LogP contribution in [0, 0.1) is 6.92 Å². The van der Waals surface area contributed by atoms with E-state index in [4.69, 9.17) is 0 Å². The van der Waals surface area contributed by atoms with E-state index in [1.165, 1.54) is 0 Å². The van der Waals surface area contributed by atoms with Crippen LogP contribution in [0.5, 0.6) is 11.5 Å². The molecule has 0 amide bonds. The van der Waals surface area contributed by atoms with Crippen molar-refractivity contribution in [2.45, 2.75) is 32.6 Å². The summed E-state index contributed by atoms with van der Waals surface area (Å²) < 4.78 is 0. The normalized spacial score (nSPS) is 16.8. The van der Waals surface area contributed by atoms with Gasteiger partial charge < -0.3 is 30.2 Å². The molecule has 2 heterocycles. The van der Waals surface area contributed by atoms with E-state index in [1.807, 2.05) is 16.7 Å². The zero-order chi connectivity index (χ0) is 18.2. The van der Waals surface area contributed by atoms with Crippen molar-refractivity contribution in [3.63, 3.8) is 0 Å². The van der Waals surface area contributed by atoms with Crippen molar-refractivity contribution in [3.8, 4) is 11.5 Å². The number of aliphatic hydroxyl groups is 2. The summed E-state index contributed by atoms with van der Waals surface area (Å²) in [5.74, 6) is -1.51. The summed E-state index contributed by atoms with van der Waals surface area (Å²) in [5, 5.41) is 43.4. The Morgan fingerprint density at radius 1 is 1.04 bits per heavy atom. The third-order valence-electron chi connectivity index (χ3n) is 4.60. The average molecular weight is 349 g/mol. The van der Waals surface area contributed by atoms with E-state index in [-0.39, 0.29) is 17.9 Å². The minimum absolute atomic E-state index is 0.133. The van der Waals surface area contributed by atoms with E-state index in [0.29, 0.717) is 35.5 Å². The van der Waals surface area contributed by atoms with Gasteiger partial charge in [-0.05, 0) is 19.9 Å². The summed E-state index contributed by atoms with van der Waals surface area (Å²) in [5.41, 5.74) is 2.63. The Hall–Kier alpha value is -1.96. The molecule has 2 saturated heterocycles. The first-order valence-electron chi connectivity index (χ1n) is 8.80. The minimum Gasteiger partial charge on any atom is -0.505 e. The van der Waals surface area contributed by atoms with Gasteiger partial charge in [-0.25, -0.2) is 0 Å². The van der Waals surface area contributed by atoms with Crippen LogP contribution in [0.4, 0.5) is 11.4 Å². The van der Waals surface area contributed by atoms with Crippen molar-refractivity contribution < 1.29 is 20.4 Å². The van der Waals surface area contributed by atoms with Gasteiger partial charge in [-0.2, -0.15) is 0 Å². The molecule has 0 aromatic heterocycles. The number of nitrogens with one attached hydrogen (secondary N) is 1. The summed E-state index contributed by atoms with van der Waals surface area (Å²) >= 11 is 0. The number of rotatable bonds is 8. The average Bonchev–Trinajstić information content (AvgIpc) is 3.41. The third kappa shape index (κ3) is 3.84. The second kappa shape index (κ2) is 6.74. The quantitative estimate of drug-likeness (QED) is 0.272. The molecule has 7 nitrogen and oxygen atoms in total. The number of aromatic hydroxyl groups is 2. The fourth-order valence-corrected chi connectivity index (χ4v) is 3.10. The van der Waals surface area contributed by atoms with Gasteiger partial charge >= 0.3 is 0 Å². The van der Waals surface area contributed by atoms with Crippen molar-refractivity contribution in [2.24, 2.45) is 0 Å². The van der Waals surface area contributed by atoms with Gasteiger partial charge in [0.2, 0.25) is 5.91 Å².